The molecule has 0 aliphatic carbocycles. The van der Waals surface area contributed by atoms with Gasteiger partial charge in [0.15, 0.2) is 0 Å². The molecule has 1 aliphatic rings. The molecule has 0 saturated heterocycles. The molecule has 0 N–H and O–H groups in total. The average molecular weight is 334 g/mol. The predicted octanol–water partition coefficient (Wildman–Crippen LogP) is 4.88. The van der Waals surface area contributed by atoms with Crippen molar-refractivity contribution in [2.75, 3.05) is 11.4 Å². The highest BCUT2D eigenvalue weighted by Crippen LogP contribution is 2.48. The van der Waals surface area contributed by atoms with Crippen molar-refractivity contribution in [1.82, 2.24) is 0 Å². The van der Waals surface area contributed by atoms with Gasteiger partial charge in [0.2, 0.25) is 0 Å². The molecule has 4 heteroatoms. The zero-order valence-corrected chi connectivity index (χ0v) is 12.8. The molecule has 19 heavy (non-hydrogen) atoms. The van der Waals surface area contributed by atoms with E-state index in [4.69, 9.17) is 0 Å². The monoisotopic (exact) mass is 333 g/mol. The number of aldehydes is 1. The van der Waals surface area contributed by atoms with Crippen molar-refractivity contribution in [3.8, 4) is 0 Å². The van der Waals surface area contributed by atoms with Crippen molar-refractivity contribution in [2.24, 2.45) is 0 Å². The summed E-state index contributed by atoms with van der Waals surface area (Å²) in [5.74, 6) is 0. The van der Waals surface area contributed by atoms with Crippen LogP contribution in [0.4, 0.5) is 11.4 Å². The number of carbonyl (C=O) groups is 1. The lowest BCUT2D eigenvalue weighted by Crippen LogP contribution is -2.20. The van der Waals surface area contributed by atoms with Gasteiger partial charge in [-0.15, -0.1) is 0 Å². The number of benzene rings is 2. The molecule has 2 aromatic carbocycles. The van der Waals surface area contributed by atoms with Gasteiger partial charge >= 0.3 is 0 Å². The molecule has 0 saturated carbocycles. The van der Waals surface area contributed by atoms with Gasteiger partial charge in [-0.05, 0) is 43.3 Å². The van der Waals surface area contributed by atoms with E-state index in [2.05, 4.69) is 46.0 Å². The number of nitrogens with zero attached hydrogens (tertiary/aromatic N) is 1. The van der Waals surface area contributed by atoms with Crippen LogP contribution in [0.15, 0.2) is 50.7 Å². The predicted molar refractivity (Wildman–Crippen MR) is 82.8 cm³/mol. The minimum atomic E-state index is 0.723. The highest BCUT2D eigenvalue weighted by Gasteiger charge is 2.22. The molecule has 0 fully saturated rings. The summed E-state index contributed by atoms with van der Waals surface area (Å²) in [5, 5.41) is 0. The van der Waals surface area contributed by atoms with E-state index in [-0.39, 0.29) is 0 Å². The Kier molecular flexibility index (Phi) is 3.37. The lowest BCUT2D eigenvalue weighted by atomic mass is 10.2. The first kappa shape index (κ1) is 12.8. The summed E-state index contributed by atoms with van der Waals surface area (Å²) >= 11 is 5.23. The molecule has 2 nitrogen and oxygen atoms in total. The third-order valence-electron chi connectivity index (χ3n) is 3.16. The van der Waals surface area contributed by atoms with Crippen LogP contribution >= 0.6 is 27.7 Å². The molecule has 0 amide bonds. The molecule has 96 valence electrons. The first-order chi connectivity index (χ1) is 9.22. The molecule has 0 atom stereocenters. The second-order valence-electron chi connectivity index (χ2n) is 4.30. The Balaban J connectivity index is 2.16. The third-order valence-corrected chi connectivity index (χ3v) is 4.75. The van der Waals surface area contributed by atoms with Gasteiger partial charge in [0.25, 0.3) is 0 Å². The van der Waals surface area contributed by atoms with Crippen molar-refractivity contribution in [1.29, 1.82) is 0 Å². The Hall–Kier alpha value is -1.26. The molecule has 0 unspecified atom stereocenters. The maximum atomic E-state index is 10.9. The second-order valence-corrected chi connectivity index (χ2v) is 6.30. The van der Waals surface area contributed by atoms with Crippen LogP contribution in [-0.2, 0) is 0 Å². The smallest absolute Gasteiger partial charge is 0.150 e. The number of anilines is 2. The fourth-order valence-corrected chi connectivity index (χ4v) is 3.99. The number of rotatable bonds is 2. The Bertz CT molecular complexity index is 657. The zero-order chi connectivity index (χ0) is 13.4. The largest absolute Gasteiger partial charge is 0.340 e. The van der Waals surface area contributed by atoms with Crippen LogP contribution < -0.4 is 4.90 Å². The summed E-state index contributed by atoms with van der Waals surface area (Å²) in [4.78, 5) is 15.5. The van der Waals surface area contributed by atoms with Gasteiger partial charge in [-0.1, -0.05) is 27.7 Å². The maximum absolute atomic E-state index is 10.9. The van der Waals surface area contributed by atoms with Crippen LogP contribution in [-0.4, -0.2) is 12.8 Å². The standard InChI is InChI=1S/C15H12BrNOS/c1-2-17-12-5-3-10(9-18)7-14(12)19-15-8-11(16)4-6-13(15)17/h3-9H,2H2,1H3. The summed E-state index contributed by atoms with van der Waals surface area (Å²) in [6.07, 6.45) is 0.896. The Labute approximate surface area is 124 Å². The van der Waals surface area contributed by atoms with Crippen molar-refractivity contribution in [3.05, 3.63) is 46.4 Å². The van der Waals surface area contributed by atoms with E-state index >= 15 is 0 Å². The van der Waals surface area contributed by atoms with Crippen molar-refractivity contribution < 1.29 is 4.79 Å². The average Bonchev–Trinajstić information content (AvgIpc) is 2.43. The zero-order valence-electron chi connectivity index (χ0n) is 10.4. The van der Waals surface area contributed by atoms with E-state index in [9.17, 15) is 4.79 Å². The second kappa shape index (κ2) is 5.02. The maximum Gasteiger partial charge on any atom is 0.150 e. The molecular weight excluding hydrogens is 322 g/mol. The first-order valence-electron chi connectivity index (χ1n) is 6.07. The highest BCUT2D eigenvalue weighted by atomic mass is 79.9. The van der Waals surface area contributed by atoms with Gasteiger partial charge in [-0.3, -0.25) is 4.79 Å². The molecule has 0 aromatic heterocycles. The number of fused-ring (bicyclic) bond motifs is 2. The molecule has 3 rings (SSSR count). The minimum absolute atomic E-state index is 0.723. The van der Waals surface area contributed by atoms with Crippen molar-refractivity contribution >= 4 is 45.4 Å². The molecule has 0 spiro atoms. The van der Waals surface area contributed by atoms with Crippen LogP contribution in [0.3, 0.4) is 0 Å². The minimum Gasteiger partial charge on any atom is -0.340 e. The van der Waals surface area contributed by atoms with Crippen LogP contribution in [0, 0.1) is 0 Å². The SMILES string of the molecule is CCN1c2ccc(Br)cc2Sc2cc(C=O)ccc21. The number of hydrogen-bond donors (Lipinski definition) is 0. The number of hydrogen-bond acceptors (Lipinski definition) is 3. The van der Waals surface area contributed by atoms with E-state index in [0.717, 1.165) is 27.8 Å². The van der Waals surface area contributed by atoms with Crippen LogP contribution in [0.1, 0.15) is 17.3 Å². The number of carbonyl (C=O) groups excluding carboxylic acids is 1. The molecule has 2 aromatic rings. The van der Waals surface area contributed by atoms with E-state index in [0.29, 0.717) is 0 Å². The molecule has 1 aliphatic heterocycles. The van der Waals surface area contributed by atoms with E-state index in [1.165, 1.54) is 16.3 Å². The Morgan fingerprint density at radius 1 is 1.16 bits per heavy atom. The molecule has 1 heterocycles. The highest BCUT2D eigenvalue weighted by molar-refractivity contribution is 9.10. The van der Waals surface area contributed by atoms with Crippen LogP contribution in [0.25, 0.3) is 0 Å². The summed E-state index contributed by atoms with van der Waals surface area (Å²) < 4.78 is 1.07. The number of halogens is 1. The molecular formula is C15H12BrNOS. The van der Waals surface area contributed by atoms with Crippen molar-refractivity contribution in [3.63, 3.8) is 0 Å². The lowest BCUT2D eigenvalue weighted by molar-refractivity contribution is 0.112. The van der Waals surface area contributed by atoms with Gasteiger partial charge in [-0.25, -0.2) is 0 Å². The van der Waals surface area contributed by atoms with Gasteiger partial charge in [0.05, 0.1) is 11.4 Å². The van der Waals surface area contributed by atoms with Crippen molar-refractivity contribution in [2.45, 2.75) is 16.7 Å². The molecule has 0 bridgehead atoms. The fourth-order valence-electron chi connectivity index (χ4n) is 2.29. The normalized spacial score (nSPS) is 12.8. The Morgan fingerprint density at radius 2 is 1.84 bits per heavy atom. The summed E-state index contributed by atoms with van der Waals surface area (Å²) in [6, 6.07) is 12.2. The topological polar surface area (TPSA) is 20.3 Å². The summed E-state index contributed by atoms with van der Waals surface area (Å²) in [5.41, 5.74) is 3.12. The summed E-state index contributed by atoms with van der Waals surface area (Å²) in [6.45, 7) is 3.04. The van der Waals surface area contributed by atoms with E-state index in [1.807, 2.05) is 18.2 Å². The fraction of sp³-hybridized carbons (Fsp3) is 0.133. The van der Waals surface area contributed by atoms with Gasteiger partial charge in [-0.2, -0.15) is 0 Å². The lowest BCUT2D eigenvalue weighted by Gasteiger charge is -2.32. The van der Waals surface area contributed by atoms with Gasteiger partial charge in [0, 0.05) is 26.4 Å². The Morgan fingerprint density at radius 3 is 2.53 bits per heavy atom. The van der Waals surface area contributed by atoms with Crippen LogP contribution in [0.5, 0.6) is 0 Å². The van der Waals surface area contributed by atoms with E-state index in [1.54, 1.807) is 11.8 Å². The first-order valence-corrected chi connectivity index (χ1v) is 7.68. The quantitative estimate of drug-likeness (QED) is 0.730. The molecule has 0 radical (unpaired) electrons. The van der Waals surface area contributed by atoms with Gasteiger partial charge in [0.1, 0.15) is 6.29 Å². The third kappa shape index (κ3) is 2.19. The van der Waals surface area contributed by atoms with Gasteiger partial charge < -0.3 is 4.90 Å². The summed E-state index contributed by atoms with van der Waals surface area (Å²) in [7, 11) is 0. The van der Waals surface area contributed by atoms with Crippen LogP contribution in [0.2, 0.25) is 0 Å². The van der Waals surface area contributed by atoms with E-state index < -0.39 is 0 Å².